The highest BCUT2D eigenvalue weighted by Crippen LogP contribution is 2.29. The lowest BCUT2D eigenvalue weighted by molar-refractivity contribution is 0.313. The Bertz CT molecular complexity index is 471. The van der Waals surface area contributed by atoms with E-state index in [2.05, 4.69) is 23.8 Å². The maximum absolute atomic E-state index is 13.5. The second-order valence-electron chi connectivity index (χ2n) is 4.91. The van der Waals surface area contributed by atoms with Crippen LogP contribution in [0.3, 0.4) is 0 Å². The van der Waals surface area contributed by atoms with Gasteiger partial charge in [0, 0.05) is 13.1 Å². The molecule has 96 valence electrons. The summed E-state index contributed by atoms with van der Waals surface area (Å²) in [6.45, 7) is 1.67. The predicted octanol–water partition coefficient (Wildman–Crippen LogP) is 2.01. The summed E-state index contributed by atoms with van der Waals surface area (Å²) in [6, 6.07) is 5.01. The molecule has 1 fully saturated rings. The van der Waals surface area contributed by atoms with Crippen molar-refractivity contribution < 1.29 is 9.50 Å². The van der Waals surface area contributed by atoms with Crippen LogP contribution in [0.1, 0.15) is 24.0 Å². The molecule has 1 aromatic rings. The van der Waals surface area contributed by atoms with Gasteiger partial charge in [0.05, 0.1) is 5.56 Å². The highest BCUT2D eigenvalue weighted by Gasteiger charge is 2.22. The van der Waals surface area contributed by atoms with E-state index in [9.17, 15) is 4.39 Å². The Morgan fingerprint density at radius 2 is 2.22 bits per heavy atom. The van der Waals surface area contributed by atoms with Crippen molar-refractivity contribution in [1.29, 1.82) is 0 Å². The van der Waals surface area contributed by atoms with Crippen molar-refractivity contribution in [3.05, 3.63) is 35.1 Å². The zero-order chi connectivity index (χ0) is 13.0. The van der Waals surface area contributed by atoms with E-state index < -0.39 is 0 Å². The van der Waals surface area contributed by atoms with Crippen molar-refractivity contribution in [2.24, 2.45) is 5.92 Å². The molecule has 0 spiro atoms. The lowest BCUT2D eigenvalue weighted by Crippen LogP contribution is -2.20. The molecule has 3 heteroatoms. The van der Waals surface area contributed by atoms with Gasteiger partial charge >= 0.3 is 0 Å². The fourth-order valence-corrected chi connectivity index (χ4v) is 2.02. The molecule has 0 aromatic heterocycles. The van der Waals surface area contributed by atoms with E-state index in [1.807, 2.05) is 0 Å². The molecule has 1 N–H and O–H groups in total. The van der Waals surface area contributed by atoms with Crippen LogP contribution in [0.4, 0.5) is 4.39 Å². The minimum Gasteiger partial charge on any atom is -0.384 e. The number of aliphatic hydroxyl groups is 1. The highest BCUT2D eigenvalue weighted by molar-refractivity contribution is 5.38. The summed E-state index contributed by atoms with van der Waals surface area (Å²) in [7, 11) is 2.08. The Morgan fingerprint density at radius 3 is 2.89 bits per heavy atom. The topological polar surface area (TPSA) is 23.5 Å². The number of rotatable bonds is 4. The molecule has 0 unspecified atom stereocenters. The molecule has 0 atom stereocenters. The van der Waals surface area contributed by atoms with Gasteiger partial charge in [-0.05, 0) is 43.5 Å². The van der Waals surface area contributed by atoms with E-state index in [0.29, 0.717) is 5.56 Å². The normalized spacial score (nSPS) is 14.4. The van der Waals surface area contributed by atoms with Crippen LogP contribution in [0.25, 0.3) is 0 Å². The fourth-order valence-electron chi connectivity index (χ4n) is 2.02. The van der Waals surface area contributed by atoms with Crippen molar-refractivity contribution in [2.75, 3.05) is 20.2 Å². The summed E-state index contributed by atoms with van der Waals surface area (Å²) in [5, 5.41) is 8.63. The molecule has 2 nitrogen and oxygen atoms in total. The molecule has 0 heterocycles. The van der Waals surface area contributed by atoms with Gasteiger partial charge in [0.25, 0.3) is 0 Å². The van der Waals surface area contributed by atoms with Crippen LogP contribution in [-0.4, -0.2) is 30.2 Å². The zero-order valence-corrected chi connectivity index (χ0v) is 10.6. The van der Waals surface area contributed by atoms with Crippen molar-refractivity contribution >= 4 is 0 Å². The number of aliphatic hydroxyl groups excluding tert-OH is 1. The third kappa shape index (κ3) is 3.83. The highest BCUT2D eigenvalue weighted by atomic mass is 19.1. The van der Waals surface area contributed by atoms with Crippen LogP contribution in [0.5, 0.6) is 0 Å². The average molecular weight is 247 g/mol. The number of benzene rings is 1. The zero-order valence-electron chi connectivity index (χ0n) is 10.6. The van der Waals surface area contributed by atoms with Crippen molar-refractivity contribution in [3.8, 4) is 11.8 Å². The van der Waals surface area contributed by atoms with Crippen LogP contribution in [0.15, 0.2) is 18.2 Å². The smallest absolute Gasteiger partial charge is 0.138 e. The molecule has 0 amide bonds. The number of halogens is 1. The number of hydrogen-bond donors (Lipinski definition) is 1. The molecule has 0 bridgehead atoms. The van der Waals surface area contributed by atoms with E-state index in [0.717, 1.165) is 24.6 Å². The first-order valence-electron chi connectivity index (χ1n) is 6.25. The van der Waals surface area contributed by atoms with E-state index in [-0.39, 0.29) is 12.4 Å². The summed E-state index contributed by atoms with van der Waals surface area (Å²) < 4.78 is 13.5. The molecule has 1 aliphatic carbocycles. The summed E-state index contributed by atoms with van der Waals surface area (Å²) in [5.41, 5.74) is 1.42. The SMILES string of the molecule is CN(Cc1ccc(F)c(C#CCO)c1)CC1CC1. The van der Waals surface area contributed by atoms with Crippen LogP contribution >= 0.6 is 0 Å². The van der Waals surface area contributed by atoms with Crippen LogP contribution in [-0.2, 0) is 6.54 Å². The molecule has 18 heavy (non-hydrogen) atoms. The van der Waals surface area contributed by atoms with E-state index >= 15 is 0 Å². The molecule has 1 saturated carbocycles. The lowest BCUT2D eigenvalue weighted by atomic mass is 10.1. The molecule has 2 rings (SSSR count). The second kappa shape index (κ2) is 5.99. The largest absolute Gasteiger partial charge is 0.384 e. The Balaban J connectivity index is 2.03. The van der Waals surface area contributed by atoms with Gasteiger partial charge in [-0.15, -0.1) is 0 Å². The number of nitrogens with zero attached hydrogens (tertiary/aromatic N) is 1. The summed E-state index contributed by atoms with van der Waals surface area (Å²) in [4.78, 5) is 2.26. The predicted molar refractivity (Wildman–Crippen MR) is 69.4 cm³/mol. The first-order chi connectivity index (χ1) is 8.69. The first kappa shape index (κ1) is 13.1. The van der Waals surface area contributed by atoms with E-state index in [1.54, 1.807) is 12.1 Å². The second-order valence-corrected chi connectivity index (χ2v) is 4.91. The lowest BCUT2D eigenvalue weighted by Gasteiger charge is -2.16. The summed E-state index contributed by atoms with van der Waals surface area (Å²) in [6.07, 6.45) is 2.67. The fraction of sp³-hybridized carbons (Fsp3) is 0.467. The molecule has 0 aliphatic heterocycles. The molecule has 1 aliphatic rings. The van der Waals surface area contributed by atoms with Gasteiger partial charge < -0.3 is 10.0 Å². The Morgan fingerprint density at radius 1 is 1.44 bits per heavy atom. The van der Waals surface area contributed by atoms with Crippen molar-refractivity contribution in [1.82, 2.24) is 4.90 Å². The average Bonchev–Trinajstić information content (AvgIpc) is 3.13. The molecule has 0 saturated heterocycles. The quantitative estimate of drug-likeness (QED) is 0.823. The molecular weight excluding hydrogens is 229 g/mol. The van der Waals surface area contributed by atoms with Gasteiger partial charge in [-0.25, -0.2) is 4.39 Å². The van der Waals surface area contributed by atoms with Crippen LogP contribution in [0.2, 0.25) is 0 Å². The minimum atomic E-state index is -0.329. The number of hydrogen-bond acceptors (Lipinski definition) is 2. The van der Waals surface area contributed by atoms with Gasteiger partial charge in [0.1, 0.15) is 12.4 Å². The first-order valence-corrected chi connectivity index (χ1v) is 6.25. The van der Waals surface area contributed by atoms with Crippen molar-refractivity contribution in [3.63, 3.8) is 0 Å². The van der Waals surface area contributed by atoms with Gasteiger partial charge in [0.15, 0.2) is 0 Å². The van der Waals surface area contributed by atoms with E-state index in [1.165, 1.54) is 18.9 Å². The van der Waals surface area contributed by atoms with Crippen LogP contribution in [0, 0.1) is 23.6 Å². The monoisotopic (exact) mass is 247 g/mol. The van der Waals surface area contributed by atoms with Crippen molar-refractivity contribution in [2.45, 2.75) is 19.4 Å². The van der Waals surface area contributed by atoms with Gasteiger partial charge in [0.2, 0.25) is 0 Å². The third-order valence-electron chi connectivity index (χ3n) is 3.05. The Hall–Kier alpha value is -1.37. The molecular formula is C15H18FNO. The van der Waals surface area contributed by atoms with Crippen LogP contribution < -0.4 is 0 Å². The van der Waals surface area contributed by atoms with Gasteiger partial charge in [-0.1, -0.05) is 17.9 Å². The maximum atomic E-state index is 13.5. The van der Waals surface area contributed by atoms with E-state index in [4.69, 9.17) is 5.11 Å². The van der Waals surface area contributed by atoms with Gasteiger partial charge in [-0.3, -0.25) is 0 Å². The third-order valence-corrected chi connectivity index (χ3v) is 3.05. The molecule has 1 aromatic carbocycles. The Labute approximate surface area is 107 Å². The standard InChI is InChI=1S/C15H18FNO/c1-17(10-12-4-5-12)11-13-6-7-15(16)14(9-13)3-2-8-18/h6-7,9,12,18H,4-5,8,10-11H2,1H3. The maximum Gasteiger partial charge on any atom is 0.138 e. The summed E-state index contributed by atoms with van der Waals surface area (Å²) in [5.74, 6) is 5.64. The molecule has 0 radical (unpaired) electrons. The minimum absolute atomic E-state index is 0.245. The summed E-state index contributed by atoms with van der Waals surface area (Å²) >= 11 is 0. The Kier molecular flexibility index (Phi) is 4.35. The van der Waals surface area contributed by atoms with Gasteiger partial charge in [-0.2, -0.15) is 0 Å².